The number of carbonyl (C=O) groups excluding carboxylic acids is 1. The van der Waals surface area contributed by atoms with E-state index in [0.29, 0.717) is 49.0 Å². The van der Waals surface area contributed by atoms with E-state index in [2.05, 4.69) is 51.1 Å². The number of nitrogens with one attached hydrogen (secondary N) is 2. The SMILES string of the molecule is CCCOC(=O)C(C)(C)NP(=O)(CO[C@@H](C)Cn1cnc2c(N)ncnc21)NCc1ccc(C(C)C)cc1. The molecule has 2 heterocycles. The maximum absolute atomic E-state index is 14.1. The number of nitrogens with two attached hydrogens (primary N) is 1. The number of aromatic nitrogens is 4. The van der Waals surface area contributed by atoms with E-state index in [-0.39, 0.29) is 12.5 Å². The van der Waals surface area contributed by atoms with E-state index >= 15 is 0 Å². The molecule has 3 aromatic rings. The van der Waals surface area contributed by atoms with Crippen molar-refractivity contribution >= 4 is 30.4 Å². The Morgan fingerprint density at radius 2 is 1.87 bits per heavy atom. The molecule has 0 radical (unpaired) electrons. The second-order valence-electron chi connectivity index (χ2n) is 10.3. The Labute approximate surface area is 224 Å². The number of nitrogens with zero attached hydrogens (tertiary/aromatic N) is 4. The van der Waals surface area contributed by atoms with Crippen molar-refractivity contribution < 1.29 is 18.8 Å². The summed E-state index contributed by atoms with van der Waals surface area (Å²) in [5, 5.41) is 6.15. The third-order valence-electron chi connectivity index (χ3n) is 6.02. The molecule has 0 bridgehead atoms. The van der Waals surface area contributed by atoms with Crippen LogP contribution < -0.4 is 15.9 Å². The lowest BCUT2D eigenvalue weighted by Gasteiger charge is -2.31. The lowest BCUT2D eigenvalue weighted by Crippen LogP contribution is -2.48. The highest BCUT2D eigenvalue weighted by molar-refractivity contribution is 7.59. The second-order valence-corrected chi connectivity index (χ2v) is 12.6. The van der Waals surface area contributed by atoms with Gasteiger partial charge in [0, 0.05) is 6.54 Å². The van der Waals surface area contributed by atoms with Gasteiger partial charge >= 0.3 is 5.97 Å². The molecule has 2 aromatic heterocycles. The average Bonchev–Trinajstić information content (AvgIpc) is 3.28. The maximum Gasteiger partial charge on any atom is 0.326 e. The van der Waals surface area contributed by atoms with E-state index < -0.39 is 19.0 Å². The molecular formula is C26H40N7O4P. The number of rotatable bonds is 14. The predicted octanol–water partition coefficient (Wildman–Crippen LogP) is 4.20. The molecular weight excluding hydrogens is 505 g/mol. The third-order valence-corrected chi connectivity index (χ3v) is 8.12. The number of benzene rings is 1. The molecule has 11 nitrogen and oxygen atoms in total. The fourth-order valence-corrected chi connectivity index (χ4v) is 5.96. The zero-order valence-electron chi connectivity index (χ0n) is 23.1. The molecule has 38 heavy (non-hydrogen) atoms. The van der Waals surface area contributed by atoms with Crippen LogP contribution in [0.25, 0.3) is 11.2 Å². The number of imidazole rings is 1. The first-order valence-corrected chi connectivity index (χ1v) is 14.8. The van der Waals surface area contributed by atoms with E-state index in [1.807, 2.05) is 30.5 Å². The summed E-state index contributed by atoms with van der Waals surface area (Å²) in [7, 11) is -3.42. The van der Waals surface area contributed by atoms with Crippen LogP contribution in [0.2, 0.25) is 0 Å². The van der Waals surface area contributed by atoms with E-state index in [4.69, 9.17) is 15.2 Å². The van der Waals surface area contributed by atoms with E-state index in [1.165, 1.54) is 11.9 Å². The van der Waals surface area contributed by atoms with Crippen molar-refractivity contribution in [1.82, 2.24) is 29.7 Å². The summed E-state index contributed by atoms with van der Waals surface area (Å²) in [6.45, 7) is 12.4. The number of carbonyl (C=O) groups is 1. The van der Waals surface area contributed by atoms with Gasteiger partial charge in [0.15, 0.2) is 11.5 Å². The third kappa shape index (κ3) is 7.83. The molecule has 0 fully saturated rings. The Morgan fingerprint density at radius 1 is 1.16 bits per heavy atom. The molecule has 1 aromatic carbocycles. The van der Waals surface area contributed by atoms with Gasteiger partial charge in [0.05, 0.1) is 25.6 Å². The van der Waals surface area contributed by atoms with Gasteiger partial charge in [0.2, 0.25) is 7.44 Å². The summed E-state index contributed by atoms with van der Waals surface area (Å²) >= 11 is 0. The Kier molecular flexibility index (Phi) is 10.0. The smallest absolute Gasteiger partial charge is 0.326 e. The van der Waals surface area contributed by atoms with Gasteiger partial charge < -0.3 is 19.8 Å². The number of ether oxygens (including phenoxy) is 2. The van der Waals surface area contributed by atoms with Crippen molar-refractivity contribution in [2.75, 3.05) is 18.7 Å². The highest BCUT2D eigenvalue weighted by Crippen LogP contribution is 2.40. The zero-order chi connectivity index (χ0) is 27.9. The van der Waals surface area contributed by atoms with Crippen molar-refractivity contribution in [2.24, 2.45) is 0 Å². The summed E-state index contributed by atoms with van der Waals surface area (Å²) < 4.78 is 27.3. The van der Waals surface area contributed by atoms with E-state index in [9.17, 15) is 9.36 Å². The van der Waals surface area contributed by atoms with Gasteiger partial charge in [-0.15, -0.1) is 0 Å². The van der Waals surface area contributed by atoms with Crippen molar-refractivity contribution in [3.05, 3.63) is 48.0 Å². The Hall–Kier alpha value is -2.85. The number of anilines is 1. The molecule has 208 valence electrons. The first-order chi connectivity index (χ1) is 17.9. The largest absolute Gasteiger partial charge is 0.464 e. The quantitative estimate of drug-likeness (QED) is 0.199. The summed E-state index contributed by atoms with van der Waals surface area (Å²) in [5.41, 5.74) is 8.00. The average molecular weight is 546 g/mol. The van der Waals surface area contributed by atoms with Crippen molar-refractivity contribution in [2.45, 2.75) is 78.6 Å². The summed E-state index contributed by atoms with van der Waals surface area (Å²) in [6.07, 6.45) is 3.22. The fourth-order valence-electron chi connectivity index (χ4n) is 3.82. The molecule has 0 aliphatic rings. The van der Waals surface area contributed by atoms with Crippen molar-refractivity contribution in [1.29, 1.82) is 0 Å². The highest BCUT2D eigenvalue weighted by atomic mass is 31.2. The summed E-state index contributed by atoms with van der Waals surface area (Å²) in [5.74, 6) is 0.252. The van der Waals surface area contributed by atoms with Crippen LogP contribution in [0.4, 0.5) is 5.82 Å². The van der Waals surface area contributed by atoms with Crippen molar-refractivity contribution in [3.8, 4) is 0 Å². The molecule has 1 unspecified atom stereocenters. The van der Waals surface area contributed by atoms with Crippen LogP contribution in [0.15, 0.2) is 36.9 Å². The van der Waals surface area contributed by atoms with Gasteiger partial charge in [-0.25, -0.2) is 25.1 Å². The van der Waals surface area contributed by atoms with Crippen LogP contribution in [0.5, 0.6) is 0 Å². The van der Waals surface area contributed by atoms with Crippen LogP contribution >= 0.6 is 7.44 Å². The predicted molar refractivity (Wildman–Crippen MR) is 149 cm³/mol. The van der Waals surface area contributed by atoms with Gasteiger partial charge in [-0.2, -0.15) is 0 Å². The molecule has 12 heteroatoms. The standard InChI is InChI=1S/C26H40N7O4P/c1-7-12-36-25(34)26(5,6)32-38(35,31-13-20-8-10-21(11-9-20)18(2)3)17-37-19(4)14-33-16-30-22-23(27)28-15-29-24(22)33/h8-11,15-16,18-19H,7,12-14,17H2,1-6H3,(H2,27,28,29)(H2,31,32,35)/t19-,38?/m0/s1. The molecule has 0 spiro atoms. The monoisotopic (exact) mass is 545 g/mol. The molecule has 0 aliphatic carbocycles. The van der Waals surface area contributed by atoms with Crippen LogP contribution in [-0.4, -0.2) is 50.1 Å². The molecule has 4 N–H and O–H groups in total. The van der Waals surface area contributed by atoms with Gasteiger partial charge in [-0.05, 0) is 44.2 Å². The van der Waals surface area contributed by atoms with Gasteiger partial charge in [-0.1, -0.05) is 45.0 Å². The summed E-state index contributed by atoms with van der Waals surface area (Å²) in [6, 6.07) is 8.15. The molecule has 2 atom stereocenters. The maximum atomic E-state index is 14.1. The minimum atomic E-state index is -3.42. The van der Waals surface area contributed by atoms with Crippen LogP contribution in [-0.2, 0) is 31.9 Å². The van der Waals surface area contributed by atoms with Crippen LogP contribution in [0.3, 0.4) is 0 Å². The Balaban J connectivity index is 1.72. The molecule has 0 saturated carbocycles. The van der Waals surface area contributed by atoms with E-state index in [0.717, 1.165) is 5.56 Å². The minimum absolute atomic E-state index is 0.146. The fraction of sp³-hybridized carbons (Fsp3) is 0.538. The number of esters is 1. The zero-order valence-corrected chi connectivity index (χ0v) is 24.0. The van der Waals surface area contributed by atoms with Crippen LogP contribution in [0, 0.1) is 0 Å². The van der Waals surface area contributed by atoms with E-state index in [1.54, 1.807) is 20.2 Å². The van der Waals surface area contributed by atoms with Gasteiger partial charge in [-0.3, -0.25) is 9.36 Å². The topological polar surface area (TPSA) is 146 Å². The molecule has 0 amide bonds. The van der Waals surface area contributed by atoms with Gasteiger partial charge in [0.25, 0.3) is 0 Å². The molecule has 3 rings (SSSR count). The van der Waals surface area contributed by atoms with Gasteiger partial charge in [0.1, 0.15) is 23.7 Å². The highest BCUT2D eigenvalue weighted by Gasteiger charge is 2.37. The lowest BCUT2D eigenvalue weighted by atomic mass is 10.0. The second kappa shape index (κ2) is 12.8. The lowest BCUT2D eigenvalue weighted by molar-refractivity contribution is -0.149. The first-order valence-electron chi connectivity index (χ1n) is 12.9. The summed E-state index contributed by atoms with van der Waals surface area (Å²) in [4.78, 5) is 25.2. The first kappa shape index (κ1) is 29.7. The van der Waals surface area contributed by atoms with Crippen molar-refractivity contribution in [3.63, 3.8) is 0 Å². The number of nitrogen functional groups attached to an aromatic ring is 1. The Bertz CT molecular complexity index is 1260. The number of fused-ring (bicyclic) bond motifs is 1. The number of hydrogen-bond acceptors (Lipinski definition) is 8. The number of hydrogen-bond donors (Lipinski definition) is 3. The molecule has 0 aliphatic heterocycles. The normalized spacial score (nSPS) is 14.5. The molecule has 0 saturated heterocycles. The Morgan fingerprint density at radius 3 is 2.53 bits per heavy atom. The minimum Gasteiger partial charge on any atom is -0.464 e. The van der Waals surface area contributed by atoms with Crippen LogP contribution in [0.1, 0.15) is 65.0 Å².